The molecule has 1 aliphatic heterocycles. The SMILES string of the molecule is Cc1cc(N2CCC(Cc3ccccc3)C2)c2cc(CC(=O)c3ccccc3)ccc2n1. The molecule has 3 heteroatoms. The predicted octanol–water partition coefficient (Wildman–Crippen LogP) is 6.04. The van der Waals surface area contributed by atoms with Crippen molar-refractivity contribution in [1.82, 2.24) is 4.98 Å². The summed E-state index contributed by atoms with van der Waals surface area (Å²) >= 11 is 0. The Kier molecular flexibility index (Phi) is 5.72. The fraction of sp³-hybridized carbons (Fsp3) is 0.241. The zero-order valence-electron chi connectivity index (χ0n) is 18.5. The maximum atomic E-state index is 12.7. The molecule has 3 nitrogen and oxygen atoms in total. The molecule has 1 unspecified atom stereocenters. The monoisotopic (exact) mass is 420 g/mol. The highest BCUT2D eigenvalue weighted by Crippen LogP contribution is 2.33. The molecule has 1 fully saturated rings. The number of anilines is 1. The molecule has 0 amide bonds. The summed E-state index contributed by atoms with van der Waals surface area (Å²) < 4.78 is 0. The molecule has 1 saturated heterocycles. The zero-order chi connectivity index (χ0) is 21.9. The van der Waals surface area contributed by atoms with E-state index in [1.54, 1.807) is 0 Å². The van der Waals surface area contributed by atoms with Gasteiger partial charge in [-0.3, -0.25) is 9.78 Å². The van der Waals surface area contributed by atoms with E-state index in [1.165, 1.54) is 17.7 Å². The smallest absolute Gasteiger partial charge is 0.167 e. The number of aromatic nitrogens is 1. The van der Waals surface area contributed by atoms with Gasteiger partial charge in [0.25, 0.3) is 0 Å². The van der Waals surface area contributed by atoms with Gasteiger partial charge in [0.1, 0.15) is 0 Å². The first-order chi connectivity index (χ1) is 15.7. The Labute approximate surface area is 189 Å². The van der Waals surface area contributed by atoms with E-state index in [4.69, 9.17) is 4.98 Å². The first-order valence-corrected chi connectivity index (χ1v) is 11.4. The van der Waals surface area contributed by atoms with Crippen LogP contribution in [0.1, 0.15) is 33.6 Å². The van der Waals surface area contributed by atoms with Gasteiger partial charge in [0.2, 0.25) is 0 Å². The number of fused-ring (bicyclic) bond motifs is 1. The number of Topliss-reactive ketones (excluding diaryl/α,β-unsaturated/α-hetero) is 1. The van der Waals surface area contributed by atoms with Crippen molar-refractivity contribution in [3.8, 4) is 0 Å². The molecular weight excluding hydrogens is 392 g/mol. The number of hydrogen-bond acceptors (Lipinski definition) is 3. The number of nitrogens with zero attached hydrogens (tertiary/aromatic N) is 2. The third kappa shape index (κ3) is 4.43. The van der Waals surface area contributed by atoms with Crippen molar-refractivity contribution in [1.29, 1.82) is 0 Å². The van der Waals surface area contributed by atoms with Gasteiger partial charge in [-0.2, -0.15) is 0 Å². The summed E-state index contributed by atoms with van der Waals surface area (Å²) in [4.78, 5) is 20.0. The van der Waals surface area contributed by atoms with Gasteiger partial charge in [0, 0.05) is 41.8 Å². The molecule has 3 aromatic carbocycles. The molecule has 0 aliphatic carbocycles. The average molecular weight is 421 g/mol. The zero-order valence-corrected chi connectivity index (χ0v) is 18.5. The second-order valence-corrected chi connectivity index (χ2v) is 8.89. The van der Waals surface area contributed by atoms with Crippen molar-refractivity contribution >= 4 is 22.4 Å². The van der Waals surface area contributed by atoms with Crippen LogP contribution >= 0.6 is 0 Å². The van der Waals surface area contributed by atoms with Gasteiger partial charge >= 0.3 is 0 Å². The fourth-order valence-corrected chi connectivity index (χ4v) is 4.83. The lowest BCUT2D eigenvalue weighted by molar-refractivity contribution is 0.0993. The Morgan fingerprint density at radius 3 is 2.47 bits per heavy atom. The van der Waals surface area contributed by atoms with Crippen molar-refractivity contribution in [2.45, 2.75) is 26.2 Å². The van der Waals surface area contributed by atoms with Crippen molar-refractivity contribution in [3.05, 3.63) is 107 Å². The maximum absolute atomic E-state index is 12.7. The van der Waals surface area contributed by atoms with Crippen LogP contribution in [0.25, 0.3) is 10.9 Å². The third-order valence-electron chi connectivity index (χ3n) is 6.43. The highest BCUT2D eigenvalue weighted by molar-refractivity contribution is 5.99. The third-order valence-corrected chi connectivity index (χ3v) is 6.43. The van der Waals surface area contributed by atoms with E-state index >= 15 is 0 Å². The van der Waals surface area contributed by atoms with Crippen LogP contribution in [0.3, 0.4) is 0 Å². The molecule has 1 aliphatic rings. The van der Waals surface area contributed by atoms with Gasteiger partial charge in [-0.15, -0.1) is 0 Å². The van der Waals surface area contributed by atoms with Gasteiger partial charge in [-0.25, -0.2) is 0 Å². The van der Waals surface area contributed by atoms with Crippen LogP contribution in [0.15, 0.2) is 84.9 Å². The minimum atomic E-state index is 0.149. The summed E-state index contributed by atoms with van der Waals surface area (Å²) in [5.41, 5.74) is 6.50. The molecule has 0 spiro atoms. The van der Waals surface area contributed by atoms with Gasteiger partial charge in [-0.05, 0) is 55.0 Å². The van der Waals surface area contributed by atoms with Gasteiger partial charge in [0.05, 0.1) is 5.52 Å². The Morgan fingerprint density at radius 2 is 1.69 bits per heavy atom. The number of ketones is 1. The first-order valence-electron chi connectivity index (χ1n) is 11.4. The molecule has 0 N–H and O–H groups in total. The predicted molar refractivity (Wildman–Crippen MR) is 131 cm³/mol. The van der Waals surface area contributed by atoms with E-state index in [9.17, 15) is 4.79 Å². The molecule has 0 radical (unpaired) electrons. The van der Waals surface area contributed by atoms with Crippen LogP contribution in [0, 0.1) is 12.8 Å². The van der Waals surface area contributed by atoms with E-state index in [2.05, 4.69) is 60.4 Å². The lowest BCUT2D eigenvalue weighted by atomic mass is 9.99. The van der Waals surface area contributed by atoms with Crippen LogP contribution in [0.5, 0.6) is 0 Å². The molecule has 1 aromatic heterocycles. The van der Waals surface area contributed by atoms with Crippen LogP contribution in [0.4, 0.5) is 5.69 Å². The summed E-state index contributed by atoms with van der Waals surface area (Å²) in [5.74, 6) is 0.805. The summed E-state index contributed by atoms with van der Waals surface area (Å²) in [6, 6.07) is 28.8. The van der Waals surface area contributed by atoms with Gasteiger partial charge in [-0.1, -0.05) is 66.7 Å². The average Bonchev–Trinajstić information content (AvgIpc) is 3.28. The van der Waals surface area contributed by atoms with Crippen LogP contribution in [0.2, 0.25) is 0 Å². The van der Waals surface area contributed by atoms with E-state index < -0.39 is 0 Å². The van der Waals surface area contributed by atoms with Crippen molar-refractivity contribution in [2.24, 2.45) is 5.92 Å². The standard InChI is InChI=1S/C29H28N2O/c1-21-16-28(31-15-14-24(20-31)17-22-8-4-2-5-9-22)26-18-23(12-13-27(26)30-21)19-29(32)25-10-6-3-7-11-25/h2-13,16,18,24H,14-15,17,19-20H2,1H3. The fourth-order valence-electron chi connectivity index (χ4n) is 4.83. The molecule has 2 heterocycles. The number of hydrogen-bond donors (Lipinski definition) is 0. The highest BCUT2D eigenvalue weighted by atomic mass is 16.1. The maximum Gasteiger partial charge on any atom is 0.167 e. The van der Waals surface area contributed by atoms with E-state index in [0.717, 1.165) is 47.2 Å². The molecule has 32 heavy (non-hydrogen) atoms. The van der Waals surface area contributed by atoms with Crippen LogP contribution < -0.4 is 4.90 Å². The van der Waals surface area contributed by atoms with Gasteiger partial charge in [0.15, 0.2) is 5.78 Å². The summed E-state index contributed by atoms with van der Waals surface area (Å²) in [6.45, 7) is 4.18. The van der Waals surface area contributed by atoms with Crippen molar-refractivity contribution < 1.29 is 4.79 Å². The van der Waals surface area contributed by atoms with Crippen molar-refractivity contribution in [2.75, 3.05) is 18.0 Å². The molecular formula is C29H28N2O. The Hall–Kier alpha value is -3.46. The summed E-state index contributed by atoms with van der Waals surface area (Å²) in [6.07, 6.45) is 2.73. The van der Waals surface area contributed by atoms with Crippen LogP contribution in [-0.2, 0) is 12.8 Å². The number of rotatable bonds is 6. The normalized spacial score (nSPS) is 15.9. The Morgan fingerprint density at radius 1 is 0.938 bits per heavy atom. The van der Waals surface area contributed by atoms with E-state index in [-0.39, 0.29) is 5.78 Å². The Balaban J connectivity index is 1.40. The molecule has 4 aromatic rings. The van der Waals surface area contributed by atoms with Crippen molar-refractivity contribution in [3.63, 3.8) is 0 Å². The number of carbonyl (C=O) groups is 1. The number of pyridine rings is 1. The lowest BCUT2D eigenvalue weighted by Crippen LogP contribution is -2.21. The van der Waals surface area contributed by atoms with Crippen LogP contribution in [-0.4, -0.2) is 23.9 Å². The molecule has 160 valence electrons. The topological polar surface area (TPSA) is 33.2 Å². The Bertz CT molecular complexity index is 1230. The summed E-state index contributed by atoms with van der Waals surface area (Å²) in [5, 5.41) is 1.15. The largest absolute Gasteiger partial charge is 0.371 e. The lowest BCUT2D eigenvalue weighted by Gasteiger charge is -2.22. The molecule has 5 rings (SSSR count). The number of carbonyl (C=O) groups excluding carboxylic acids is 1. The highest BCUT2D eigenvalue weighted by Gasteiger charge is 2.24. The minimum absolute atomic E-state index is 0.149. The molecule has 1 atom stereocenters. The molecule has 0 saturated carbocycles. The second-order valence-electron chi connectivity index (χ2n) is 8.89. The van der Waals surface area contributed by atoms with E-state index in [1.807, 2.05) is 36.4 Å². The molecule has 0 bridgehead atoms. The second kappa shape index (κ2) is 8.96. The minimum Gasteiger partial charge on any atom is -0.371 e. The number of benzene rings is 3. The quantitative estimate of drug-likeness (QED) is 0.357. The van der Waals surface area contributed by atoms with Gasteiger partial charge < -0.3 is 4.90 Å². The first kappa shape index (κ1) is 20.4. The summed E-state index contributed by atoms with van der Waals surface area (Å²) in [7, 11) is 0. The van der Waals surface area contributed by atoms with E-state index in [0.29, 0.717) is 12.3 Å². The number of aryl methyl sites for hydroxylation is 1.